The Bertz CT molecular complexity index is 561. The first-order chi connectivity index (χ1) is 9.05. The number of rotatable bonds is 4. The molecule has 0 bridgehead atoms. The maximum absolute atomic E-state index is 13.9. The van der Waals surface area contributed by atoms with Gasteiger partial charge in [-0.25, -0.2) is 4.39 Å². The molecule has 100 valence electrons. The molecule has 2 aromatic rings. The topological polar surface area (TPSA) is 46.2 Å². The van der Waals surface area contributed by atoms with Crippen molar-refractivity contribution in [3.8, 4) is 0 Å². The van der Waals surface area contributed by atoms with Crippen LogP contribution in [0.2, 0.25) is 0 Å². The monoisotopic (exact) mass is 323 g/mol. The van der Waals surface area contributed by atoms with Crippen molar-refractivity contribution in [1.82, 2.24) is 0 Å². The van der Waals surface area contributed by atoms with Gasteiger partial charge in [0.15, 0.2) is 0 Å². The highest BCUT2D eigenvalue weighted by molar-refractivity contribution is 9.10. The summed E-state index contributed by atoms with van der Waals surface area (Å²) in [6, 6.07) is 13.9. The molecule has 0 aliphatic rings. The predicted octanol–water partition coefficient (Wildman–Crippen LogP) is 2.98. The third-order valence-electron chi connectivity index (χ3n) is 3.15. The molecule has 0 radical (unpaired) electrons. The zero-order chi connectivity index (χ0) is 13.9. The van der Waals surface area contributed by atoms with E-state index in [1.165, 1.54) is 6.07 Å². The summed E-state index contributed by atoms with van der Waals surface area (Å²) in [5, 5.41) is 10.6. The van der Waals surface area contributed by atoms with Gasteiger partial charge in [-0.15, -0.1) is 0 Å². The maximum atomic E-state index is 13.9. The first-order valence-corrected chi connectivity index (χ1v) is 6.76. The fraction of sp³-hybridized carbons (Fsp3) is 0.200. The second-order valence-corrected chi connectivity index (χ2v) is 5.43. The van der Waals surface area contributed by atoms with Crippen LogP contribution in [0.15, 0.2) is 53.0 Å². The Labute approximate surface area is 120 Å². The van der Waals surface area contributed by atoms with Crippen LogP contribution in [0.5, 0.6) is 0 Å². The number of aliphatic hydroxyl groups is 1. The van der Waals surface area contributed by atoms with Crippen LogP contribution in [0.4, 0.5) is 4.39 Å². The molecule has 0 saturated carbocycles. The number of hydrogen-bond donors (Lipinski definition) is 2. The summed E-state index contributed by atoms with van der Waals surface area (Å²) >= 11 is 3.21. The molecule has 0 aliphatic heterocycles. The van der Waals surface area contributed by atoms with Crippen LogP contribution in [0.25, 0.3) is 0 Å². The van der Waals surface area contributed by atoms with Crippen molar-refractivity contribution in [3.63, 3.8) is 0 Å². The van der Waals surface area contributed by atoms with Gasteiger partial charge in [0, 0.05) is 17.4 Å². The largest absolute Gasteiger partial charge is 0.383 e. The first-order valence-electron chi connectivity index (χ1n) is 5.97. The highest BCUT2D eigenvalue weighted by Crippen LogP contribution is 2.27. The smallest absolute Gasteiger partial charge is 0.127 e. The summed E-state index contributed by atoms with van der Waals surface area (Å²) in [5.74, 6) is -0.350. The maximum Gasteiger partial charge on any atom is 0.127 e. The van der Waals surface area contributed by atoms with Crippen molar-refractivity contribution < 1.29 is 9.50 Å². The van der Waals surface area contributed by atoms with Crippen LogP contribution in [-0.4, -0.2) is 11.7 Å². The number of benzene rings is 2. The van der Waals surface area contributed by atoms with E-state index in [-0.39, 0.29) is 18.8 Å². The second kappa shape index (κ2) is 5.82. The minimum absolute atomic E-state index is 0.0342. The summed E-state index contributed by atoms with van der Waals surface area (Å²) in [4.78, 5) is 0. The SMILES string of the molecule is NCC(O)(Cc1ccc(Br)cc1F)c1ccccc1. The van der Waals surface area contributed by atoms with Crippen molar-refractivity contribution in [2.24, 2.45) is 5.73 Å². The van der Waals surface area contributed by atoms with Gasteiger partial charge in [-0.05, 0) is 23.3 Å². The van der Waals surface area contributed by atoms with Gasteiger partial charge >= 0.3 is 0 Å². The summed E-state index contributed by atoms with van der Waals surface area (Å²) in [7, 11) is 0. The minimum atomic E-state index is -1.25. The van der Waals surface area contributed by atoms with Gasteiger partial charge in [0.25, 0.3) is 0 Å². The molecule has 0 heterocycles. The first kappa shape index (κ1) is 14.2. The zero-order valence-corrected chi connectivity index (χ0v) is 11.9. The summed E-state index contributed by atoms with van der Waals surface area (Å²) < 4.78 is 14.5. The highest BCUT2D eigenvalue weighted by atomic mass is 79.9. The van der Waals surface area contributed by atoms with E-state index in [0.29, 0.717) is 15.6 Å². The van der Waals surface area contributed by atoms with Crippen molar-refractivity contribution in [1.29, 1.82) is 0 Å². The molecule has 2 nitrogen and oxygen atoms in total. The Morgan fingerprint density at radius 3 is 2.42 bits per heavy atom. The van der Waals surface area contributed by atoms with Gasteiger partial charge in [0.2, 0.25) is 0 Å². The van der Waals surface area contributed by atoms with Crippen LogP contribution < -0.4 is 5.73 Å². The molecule has 0 fully saturated rings. The molecule has 19 heavy (non-hydrogen) atoms. The van der Waals surface area contributed by atoms with E-state index < -0.39 is 5.60 Å². The van der Waals surface area contributed by atoms with E-state index in [9.17, 15) is 9.50 Å². The van der Waals surface area contributed by atoms with Gasteiger partial charge in [0.1, 0.15) is 11.4 Å². The van der Waals surface area contributed by atoms with Gasteiger partial charge in [-0.1, -0.05) is 52.3 Å². The summed E-state index contributed by atoms with van der Waals surface area (Å²) in [6.45, 7) is 0.0342. The third-order valence-corrected chi connectivity index (χ3v) is 3.64. The highest BCUT2D eigenvalue weighted by Gasteiger charge is 2.28. The van der Waals surface area contributed by atoms with E-state index in [4.69, 9.17) is 5.73 Å². The van der Waals surface area contributed by atoms with Crippen LogP contribution in [-0.2, 0) is 12.0 Å². The van der Waals surface area contributed by atoms with Crippen molar-refractivity contribution in [2.75, 3.05) is 6.54 Å². The molecular weight excluding hydrogens is 309 g/mol. The number of nitrogens with two attached hydrogens (primary N) is 1. The lowest BCUT2D eigenvalue weighted by atomic mass is 9.87. The lowest BCUT2D eigenvalue weighted by Crippen LogP contribution is -2.37. The Morgan fingerprint density at radius 1 is 1.16 bits per heavy atom. The molecule has 0 aliphatic carbocycles. The molecule has 1 unspecified atom stereocenters. The number of halogens is 2. The second-order valence-electron chi connectivity index (χ2n) is 4.51. The Kier molecular flexibility index (Phi) is 4.34. The molecule has 0 amide bonds. The molecule has 2 aromatic carbocycles. The molecule has 2 rings (SSSR count). The number of hydrogen-bond acceptors (Lipinski definition) is 2. The van der Waals surface area contributed by atoms with Gasteiger partial charge in [-0.2, -0.15) is 0 Å². The Morgan fingerprint density at radius 2 is 1.84 bits per heavy atom. The summed E-state index contributed by atoms with van der Waals surface area (Å²) in [6.07, 6.45) is 0.145. The molecule has 4 heteroatoms. The van der Waals surface area contributed by atoms with Gasteiger partial charge < -0.3 is 10.8 Å². The molecule has 0 saturated heterocycles. The zero-order valence-electron chi connectivity index (χ0n) is 10.3. The third kappa shape index (κ3) is 3.21. The molecule has 3 N–H and O–H groups in total. The lowest BCUT2D eigenvalue weighted by molar-refractivity contribution is 0.0454. The molecule has 0 spiro atoms. The average molecular weight is 324 g/mol. The van der Waals surface area contributed by atoms with Crippen molar-refractivity contribution in [2.45, 2.75) is 12.0 Å². The van der Waals surface area contributed by atoms with Crippen molar-refractivity contribution >= 4 is 15.9 Å². The fourth-order valence-electron chi connectivity index (χ4n) is 2.02. The standard InChI is InChI=1S/C15H15BrFNO/c16-13-7-6-11(14(17)8-13)9-15(19,10-18)12-4-2-1-3-5-12/h1-8,19H,9-10,18H2. The lowest BCUT2D eigenvalue weighted by Gasteiger charge is -2.27. The average Bonchev–Trinajstić information content (AvgIpc) is 2.43. The van der Waals surface area contributed by atoms with E-state index in [2.05, 4.69) is 15.9 Å². The van der Waals surface area contributed by atoms with Crippen LogP contribution in [0.3, 0.4) is 0 Å². The van der Waals surface area contributed by atoms with Crippen LogP contribution in [0.1, 0.15) is 11.1 Å². The van der Waals surface area contributed by atoms with E-state index in [0.717, 1.165) is 0 Å². The quantitative estimate of drug-likeness (QED) is 0.908. The van der Waals surface area contributed by atoms with Gasteiger partial charge in [0.05, 0.1) is 0 Å². The predicted molar refractivity (Wildman–Crippen MR) is 77.2 cm³/mol. The normalized spacial score (nSPS) is 14.1. The minimum Gasteiger partial charge on any atom is -0.383 e. The van der Waals surface area contributed by atoms with Crippen LogP contribution >= 0.6 is 15.9 Å². The van der Waals surface area contributed by atoms with E-state index in [1.54, 1.807) is 24.3 Å². The molecular formula is C15H15BrFNO. The van der Waals surface area contributed by atoms with Gasteiger partial charge in [-0.3, -0.25) is 0 Å². The summed E-state index contributed by atoms with van der Waals surface area (Å²) in [5.41, 5.74) is 5.57. The van der Waals surface area contributed by atoms with E-state index in [1.807, 2.05) is 18.2 Å². The fourth-order valence-corrected chi connectivity index (χ4v) is 2.35. The molecule has 1 atom stereocenters. The Balaban J connectivity index is 2.33. The van der Waals surface area contributed by atoms with Crippen LogP contribution in [0, 0.1) is 5.82 Å². The van der Waals surface area contributed by atoms with Crippen molar-refractivity contribution in [3.05, 3.63) is 69.9 Å². The Hall–Kier alpha value is -1.23. The van der Waals surface area contributed by atoms with E-state index >= 15 is 0 Å². The molecule has 0 aromatic heterocycles.